The summed E-state index contributed by atoms with van der Waals surface area (Å²) in [5.74, 6) is -0.891. The van der Waals surface area contributed by atoms with Gasteiger partial charge < -0.3 is 15.7 Å². The summed E-state index contributed by atoms with van der Waals surface area (Å²) in [6.07, 6.45) is 2.45. The minimum Gasteiger partial charge on any atom is -0.481 e. The maximum absolute atomic E-state index is 11.4. The molecule has 5 nitrogen and oxygen atoms in total. The van der Waals surface area contributed by atoms with Crippen molar-refractivity contribution in [3.05, 3.63) is 0 Å². The molecule has 0 aliphatic carbocycles. The van der Waals surface area contributed by atoms with Gasteiger partial charge in [0, 0.05) is 18.3 Å². The van der Waals surface area contributed by atoms with E-state index in [4.69, 9.17) is 5.11 Å². The standard InChI is InChI=1S/C11H22N2O3S/c1-5-11(3,9(14)15)7-13-10(16)12-6-8(2)17-4/h8H,5-7H2,1-4H3,(H,14,15)(H2,12,13,16). The van der Waals surface area contributed by atoms with Crippen molar-refractivity contribution in [2.75, 3.05) is 19.3 Å². The van der Waals surface area contributed by atoms with Crippen LogP contribution in [0.3, 0.4) is 0 Å². The largest absolute Gasteiger partial charge is 0.481 e. The molecule has 0 spiro atoms. The van der Waals surface area contributed by atoms with E-state index in [9.17, 15) is 9.59 Å². The molecule has 2 amide bonds. The molecule has 2 atom stereocenters. The zero-order valence-electron chi connectivity index (χ0n) is 10.9. The lowest BCUT2D eigenvalue weighted by atomic mass is 9.88. The summed E-state index contributed by atoms with van der Waals surface area (Å²) in [5, 5.41) is 14.7. The highest BCUT2D eigenvalue weighted by Crippen LogP contribution is 2.19. The van der Waals surface area contributed by atoms with Gasteiger partial charge in [0.25, 0.3) is 0 Å². The van der Waals surface area contributed by atoms with Crippen LogP contribution >= 0.6 is 11.8 Å². The fraction of sp³-hybridized carbons (Fsp3) is 0.818. The number of carboxylic acid groups (broad SMARTS) is 1. The Kier molecular flexibility index (Phi) is 7.03. The number of thioether (sulfide) groups is 1. The molecule has 0 fully saturated rings. The first-order valence-corrected chi connectivity index (χ1v) is 6.92. The van der Waals surface area contributed by atoms with Crippen molar-refractivity contribution in [3.8, 4) is 0 Å². The zero-order valence-corrected chi connectivity index (χ0v) is 11.7. The molecule has 0 rings (SSSR count). The molecule has 0 bridgehead atoms. The van der Waals surface area contributed by atoms with Crippen LogP contribution < -0.4 is 10.6 Å². The Balaban J connectivity index is 4.02. The van der Waals surface area contributed by atoms with E-state index in [1.54, 1.807) is 25.6 Å². The summed E-state index contributed by atoms with van der Waals surface area (Å²) >= 11 is 1.66. The van der Waals surface area contributed by atoms with Gasteiger partial charge in [0.1, 0.15) is 0 Å². The molecule has 0 aliphatic rings. The maximum Gasteiger partial charge on any atom is 0.314 e. The molecule has 0 saturated heterocycles. The Morgan fingerprint density at radius 3 is 2.41 bits per heavy atom. The topological polar surface area (TPSA) is 78.4 Å². The second-order valence-corrected chi connectivity index (χ2v) is 5.61. The molecule has 0 aliphatic heterocycles. The highest BCUT2D eigenvalue weighted by molar-refractivity contribution is 7.99. The van der Waals surface area contributed by atoms with E-state index < -0.39 is 11.4 Å². The van der Waals surface area contributed by atoms with Crippen LogP contribution in [-0.2, 0) is 4.79 Å². The average molecular weight is 262 g/mol. The quantitative estimate of drug-likeness (QED) is 0.650. The third-order valence-electron chi connectivity index (χ3n) is 2.89. The highest BCUT2D eigenvalue weighted by Gasteiger charge is 2.31. The summed E-state index contributed by atoms with van der Waals surface area (Å²) in [4.78, 5) is 22.4. The minimum atomic E-state index is -0.900. The van der Waals surface area contributed by atoms with Crippen LogP contribution in [0, 0.1) is 5.41 Å². The zero-order chi connectivity index (χ0) is 13.5. The van der Waals surface area contributed by atoms with E-state index in [1.165, 1.54) is 0 Å². The van der Waals surface area contributed by atoms with E-state index in [2.05, 4.69) is 10.6 Å². The lowest BCUT2D eigenvalue weighted by Crippen LogP contribution is -2.45. The Morgan fingerprint density at radius 2 is 2.00 bits per heavy atom. The van der Waals surface area contributed by atoms with Crippen molar-refractivity contribution in [1.82, 2.24) is 10.6 Å². The van der Waals surface area contributed by atoms with Crippen LogP contribution in [0.15, 0.2) is 0 Å². The van der Waals surface area contributed by atoms with Crippen LogP contribution in [0.1, 0.15) is 27.2 Å². The number of amides is 2. The molecule has 2 unspecified atom stereocenters. The molecule has 6 heteroatoms. The molecule has 0 aromatic heterocycles. The van der Waals surface area contributed by atoms with Crippen molar-refractivity contribution >= 4 is 23.8 Å². The van der Waals surface area contributed by atoms with E-state index in [0.717, 1.165) is 0 Å². The van der Waals surface area contributed by atoms with Crippen molar-refractivity contribution in [2.45, 2.75) is 32.4 Å². The first-order valence-electron chi connectivity index (χ1n) is 5.63. The van der Waals surface area contributed by atoms with Crippen LogP contribution in [-0.4, -0.2) is 41.7 Å². The van der Waals surface area contributed by atoms with E-state index in [0.29, 0.717) is 18.2 Å². The van der Waals surface area contributed by atoms with Crippen LogP contribution in [0.2, 0.25) is 0 Å². The average Bonchev–Trinajstić information content (AvgIpc) is 2.32. The van der Waals surface area contributed by atoms with Gasteiger partial charge >= 0.3 is 12.0 Å². The van der Waals surface area contributed by atoms with Gasteiger partial charge in [-0.15, -0.1) is 0 Å². The third-order valence-corrected chi connectivity index (χ3v) is 3.86. The SMILES string of the molecule is CCC(C)(CNC(=O)NCC(C)SC)C(=O)O. The molecule has 0 aromatic carbocycles. The van der Waals surface area contributed by atoms with Gasteiger partial charge in [-0.3, -0.25) is 4.79 Å². The predicted molar refractivity (Wildman–Crippen MR) is 70.4 cm³/mol. The number of hydrogen-bond acceptors (Lipinski definition) is 3. The van der Waals surface area contributed by atoms with Gasteiger partial charge in [-0.2, -0.15) is 11.8 Å². The number of hydrogen-bond donors (Lipinski definition) is 3. The fourth-order valence-electron chi connectivity index (χ4n) is 1.01. The fourth-order valence-corrected chi connectivity index (χ4v) is 1.26. The minimum absolute atomic E-state index is 0.137. The smallest absolute Gasteiger partial charge is 0.314 e. The third kappa shape index (κ3) is 5.81. The predicted octanol–water partition coefficient (Wildman–Crippen LogP) is 1.54. The van der Waals surface area contributed by atoms with Gasteiger partial charge in [-0.25, -0.2) is 4.79 Å². The number of carbonyl (C=O) groups is 2. The van der Waals surface area contributed by atoms with Crippen molar-refractivity contribution in [3.63, 3.8) is 0 Å². The first kappa shape index (κ1) is 16.1. The summed E-state index contributed by atoms with van der Waals surface area (Å²) in [6, 6.07) is -0.313. The Bertz CT molecular complexity index is 273. The molecular formula is C11H22N2O3S. The van der Waals surface area contributed by atoms with Gasteiger partial charge in [-0.05, 0) is 19.6 Å². The molecular weight excluding hydrogens is 240 g/mol. The van der Waals surface area contributed by atoms with Crippen molar-refractivity contribution in [1.29, 1.82) is 0 Å². The number of aliphatic carboxylic acids is 1. The van der Waals surface area contributed by atoms with E-state index >= 15 is 0 Å². The molecule has 0 aromatic rings. The highest BCUT2D eigenvalue weighted by atomic mass is 32.2. The van der Waals surface area contributed by atoms with Crippen LogP contribution in [0.5, 0.6) is 0 Å². The van der Waals surface area contributed by atoms with Gasteiger partial charge in [0.2, 0.25) is 0 Å². The number of carbonyl (C=O) groups excluding carboxylic acids is 1. The number of rotatable bonds is 7. The normalized spacial score (nSPS) is 15.8. The van der Waals surface area contributed by atoms with Crippen molar-refractivity contribution < 1.29 is 14.7 Å². The van der Waals surface area contributed by atoms with Gasteiger partial charge in [0.15, 0.2) is 0 Å². The second-order valence-electron chi connectivity index (χ2n) is 4.33. The molecule has 3 N–H and O–H groups in total. The lowest BCUT2D eigenvalue weighted by Gasteiger charge is -2.23. The summed E-state index contributed by atoms with van der Waals surface area (Å²) in [6.45, 7) is 6.14. The van der Waals surface area contributed by atoms with E-state index in [1.807, 2.05) is 13.2 Å². The monoisotopic (exact) mass is 262 g/mol. The molecule has 0 radical (unpaired) electrons. The number of carboxylic acids is 1. The lowest BCUT2D eigenvalue weighted by molar-refractivity contribution is -0.147. The Morgan fingerprint density at radius 1 is 1.41 bits per heavy atom. The van der Waals surface area contributed by atoms with Gasteiger partial charge in [0.05, 0.1) is 5.41 Å². The van der Waals surface area contributed by atoms with Crippen LogP contribution in [0.25, 0.3) is 0 Å². The summed E-state index contributed by atoms with van der Waals surface area (Å²) in [5.41, 5.74) is -0.900. The second kappa shape index (κ2) is 7.42. The molecule has 100 valence electrons. The molecule has 0 saturated carbocycles. The summed E-state index contributed by atoms with van der Waals surface area (Å²) < 4.78 is 0. The Labute approximate surface area is 107 Å². The first-order chi connectivity index (χ1) is 7.85. The Hall–Kier alpha value is -0.910. The van der Waals surface area contributed by atoms with Crippen molar-refractivity contribution in [2.24, 2.45) is 5.41 Å². The summed E-state index contributed by atoms with van der Waals surface area (Å²) in [7, 11) is 0. The van der Waals surface area contributed by atoms with Crippen LogP contribution in [0.4, 0.5) is 4.79 Å². The van der Waals surface area contributed by atoms with Gasteiger partial charge in [-0.1, -0.05) is 13.8 Å². The molecule has 17 heavy (non-hydrogen) atoms. The molecule has 0 heterocycles. The number of urea groups is 1. The van der Waals surface area contributed by atoms with E-state index in [-0.39, 0.29) is 12.6 Å². The maximum atomic E-state index is 11.4. The number of nitrogens with one attached hydrogen (secondary N) is 2.